The molecule has 1 heterocycles. The average Bonchev–Trinajstić information content (AvgIpc) is 2.93. The molecule has 4 aromatic rings. The molecular formula is C25H23NO2. The van der Waals surface area contributed by atoms with Crippen LogP contribution in [0.2, 0.25) is 0 Å². The Bertz CT molecular complexity index is 1180. The highest BCUT2D eigenvalue weighted by molar-refractivity contribution is 5.95. The Kier molecular flexibility index (Phi) is 4.52. The normalized spacial score (nSPS) is 11.1. The van der Waals surface area contributed by atoms with Crippen LogP contribution >= 0.6 is 0 Å². The van der Waals surface area contributed by atoms with Crippen LogP contribution in [0, 0.1) is 20.8 Å². The summed E-state index contributed by atoms with van der Waals surface area (Å²) in [5, 5.41) is 10.3. The quantitative estimate of drug-likeness (QED) is 0.481. The predicted octanol–water partition coefficient (Wildman–Crippen LogP) is 5.98. The van der Waals surface area contributed by atoms with Crippen LogP contribution in [0.1, 0.15) is 32.7 Å². The number of fused-ring (bicyclic) bond motifs is 1. The second-order valence-electron chi connectivity index (χ2n) is 7.36. The number of carboxylic acid groups (broad SMARTS) is 1. The summed E-state index contributed by atoms with van der Waals surface area (Å²) in [6.45, 7) is 7.00. The highest BCUT2D eigenvalue weighted by atomic mass is 16.4. The molecule has 1 N–H and O–H groups in total. The maximum Gasteiger partial charge on any atom is 0.335 e. The van der Waals surface area contributed by atoms with Gasteiger partial charge in [0.2, 0.25) is 0 Å². The van der Waals surface area contributed by atoms with E-state index in [9.17, 15) is 9.90 Å². The summed E-state index contributed by atoms with van der Waals surface area (Å²) >= 11 is 0. The summed E-state index contributed by atoms with van der Waals surface area (Å²) < 4.78 is 2.28. The van der Waals surface area contributed by atoms with Gasteiger partial charge in [-0.25, -0.2) is 4.79 Å². The average molecular weight is 369 g/mol. The Morgan fingerprint density at radius 2 is 1.64 bits per heavy atom. The van der Waals surface area contributed by atoms with Gasteiger partial charge in [0, 0.05) is 23.1 Å². The Morgan fingerprint density at radius 1 is 0.929 bits per heavy atom. The smallest absolute Gasteiger partial charge is 0.335 e. The molecular weight excluding hydrogens is 346 g/mol. The zero-order chi connectivity index (χ0) is 19.8. The van der Waals surface area contributed by atoms with E-state index >= 15 is 0 Å². The van der Waals surface area contributed by atoms with Crippen molar-refractivity contribution < 1.29 is 9.90 Å². The number of benzene rings is 3. The number of hydrogen-bond donors (Lipinski definition) is 1. The van der Waals surface area contributed by atoms with E-state index in [1.807, 2.05) is 6.07 Å². The molecule has 1 aromatic heterocycles. The predicted molar refractivity (Wildman–Crippen MR) is 114 cm³/mol. The molecule has 0 saturated carbocycles. The fourth-order valence-corrected chi connectivity index (χ4v) is 3.83. The molecule has 140 valence electrons. The lowest BCUT2D eigenvalue weighted by atomic mass is 9.98. The van der Waals surface area contributed by atoms with Gasteiger partial charge < -0.3 is 9.67 Å². The van der Waals surface area contributed by atoms with Crippen LogP contribution in [-0.4, -0.2) is 15.6 Å². The third kappa shape index (κ3) is 3.09. The van der Waals surface area contributed by atoms with Crippen LogP contribution in [0.15, 0.2) is 66.7 Å². The zero-order valence-corrected chi connectivity index (χ0v) is 16.4. The molecule has 0 amide bonds. The summed E-state index contributed by atoms with van der Waals surface area (Å²) in [5.41, 5.74) is 8.62. The highest BCUT2D eigenvalue weighted by Crippen LogP contribution is 2.30. The summed E-state index contributed by atoms with van der Waals surface area (Å²) in [5.74, 6) is -0.892. The summed E-state index contributed by atoms with van der Waals surface area (Å²) in [7, 11) is 0. The van der Waals surface area contributed by atoms with Crippen molar-refractivity contribution in [1.29, 1.82) is 0 Å². The maximum atomic E-state index is 11.4. The van der Waals surface area contributed by atoms with Gasteiger partial charge >= 0.3 is 5.97 Å². The number of aromatic nitrogens is 1. The lowest BCUT2D eigenvalue weighted by molar-refractivity contribution is 0.0697. The minimum Gasteiger partial charge on any atom is -0.478 e. The van der Waals surface area contributed by atoms with Crippen molar-refractivity contribution in [2.75, 3.05) is 0 Å². The minimum atomic E-state index is -0.892. The molecule has 3 aromatic carbocycles. The minimum absolute atomic E-state index is 0.327. The molecule has 0 saturated heterocycles. The number of rotatable bonds is 4. The molecule has 0 aliphatic heterocycles. The van der Waals surface area contributed by atoms with Crippen molar-refractivity contribution in [3.05, 3.63) is 94.7 Å². The van der Waals surface area contributed by atoms with E-state index in [0.717, 1.165) is 28.7 Å². The fraction of sp³-hybridized carbons (Fsp3) is 0.160. The topological polar surface area (TPSA) is 42.2 Å². The monoisotopic (exact) mass is 369 g/mol. The third-order valence-electron chi connectivity index (χ3n) is 5.59. The molecule has 0 aliphatic carbocycles. The van der Waals surface area contributed by atoms with E-state index in [1.165, 1.54) is 22.3 Å². The van der Waals surface area contributed by atoms with Gasteiger partial charge in [0.05, 0.1) is 5.56 Å². The molecule has 4 rings (SSSR count). The first-order valence-electron chi connectivity index (χ1n) is 9.43. The fourth-order valence-electron chi connectivity index (χ4n) is 3.83. The van der Waals surface area contributed by atoms with Crippen LogP contribution in [-0.2, 0) is 6.54 Å². The van der Waals surface area contributed by atoms with E-state index in [4.69, 9.17) is 0 Å². The van der Waals surface area contributed by atoms with Crippen molar-refractivity contribution in [3.63, 3.8) is 0 Å². The Balaban J connectivity index is 1.82. The SMILES string of the molecule is Cc1ccc(-c2ccccc2Cn2c(C)c(C)c3cc(C(=O)O)ccc32)cc1. The van der Waals surface area contributed by atoms with Crippen molar-refractivity contribution in [2.24, 2.45) is 0 Å². The van der Waals surface area contributed by atoms with Crippen LogP contribution in [0.4, 0.5) is 0 Å². The van der Waals surface area contributed by atoms with Crippen LogP contribution in [0.25, 0.3) is 22.0 Å². The van der Waals surface area contributed by atoms with Gasteiger partial charge in [0.25, 0.3) is 0 Å². The van der Waals surface area contributed by atoms with Crippen LogP contribution in [0.3, 0.4) is 0 Å². The van der Waals surface area contributed by atoms with E-state index in [1.54, 1.807) is 12.1 Å². The number of carbonyl (C=O) groups is 1. The van der Waals surface area contributed by atoms with E-state index in [0.29, 0.717) is 5.56 Å². The second kappa shape index (κ2) is 7.01. The zero-order valence-electron chi connectivity index (χ0n) is 16.4. The lowest BCUT2D eigenvalue weighted by Crippen LogP contribution is -2.04. The molecule has 28 heavy (non-hydrogen) atoms. The Labute approximate surface area is 164 Å². The number of nitrogens with zero attached hydrogens (tertiary/aromatic N) is 1. The third-order valence-corrected chi connectivity index (χ3v) is 5.59. The van der Waals surface area contributed by atoms with Gasteiger partial charge in [-0.05, 0) is 61.2 Å². The first-order chi connectivity index (χ1) is 13.5. The summed E-state index contributed by atoms with van der Waals surface area (Å²) in [6.07, 6.45) is 0. The highest BCUT2D eigenvalue weighted by Gasteiger charge is 2.15. The van der Waals surface area contributed by atoms with Crippen LogP contribution < -0.4 is 0 Å². The first-order valence-corrected chi connectivity index (χ1v) is 9.43. The largest absolute Gasteiger partial charge is 0.478 e. The van der Waals surface area contributed by atoms with Gasteiger partial charge in [-0.2, -0.15) is 0 Å². The number of hydrogen-bond acceptors (Lipinski definition) is 1. The number of aromatic carboxylic acids is 1. The van der Waals surface area contributed by atoms with Gasteiger partial charge in [-0.1, -0.05) is 54.1 Å². The first kappa shape index (κ1) is 18.1. The summed E-state index contributed by atoms with van der Waals surface area (Å²) in [4.78, 5) is 11.4. The summed E-state index contributed by atoms with van der Waals surface area (Å²) in [6, 6.07) is 22.5. The number of aryl methyl sites for hydroxylation is 2. The van der Waals surface area contributed by atoms with Gasteiger partial charge in [0.1, 0.15) is 0 Å². The molecule has 0 radical (unpaired) electrons. The number of carboxylic acids is 1. The Morgan fingerprint density at radius 3 is 2.36 bits per heavy atom. The van der Waals surface area contributed by atoms with Crippen molar-refractivity contribution in [2.45, 2.75) is 27.3 Å². The van der Waals surface area contributed by atoms with Crippen molar-refractivity contribution in [1.82, 2.24) is 4.57 Å². The second-order valence-corrected chi connectivity index (χ2v) is 7.36. The molecule has 3 nitrogen and oxygen atoms in total. The van der Waals surface area contributed by atoms with E-state index in [-0.39, 0.29) is 0 Å². The van der Waals surface area contributed by atoms with E-state index < -0.39 is 5.97 Å². The molecule has 0 atom stereocenters. The Hall–Kier alpha value is -3.33. The molecule has 0 unspecified atom stereocenters. The van der Waals surface area contributed by atoms with E-state index in [2.05, 4.69) is 73.9 Å². The standard InChI is InChI=1S/C25H23NO2/c1-16-8-10-19(11-9-16)22-7-5-4-6-21(22)15-26-18(3)17(2)23-14-20(25(27)28)12-13-24(23)26/h4-14H,15H2,1-3H3,(H,27,28). The lowest BCUT2D eigenvalue weighted by Gasteiger charge is -2.14. The van der Waals surface area contributed by atoms with Gasteiger partial charge in [0.15, 0.2) is 0 Å². The van der Waals surface area contributed by atoms with Gasteiger partial charge in [-0.3, -0.25) is 0 Å². The maximum absolute atomic E-state index is 11.4. The van der Waals surface area contributed by atoms with Crippen LogP contribution in [0.5, 0.6) is 0 Å². The van der Waals surface area contributed by atoms with Crippen molar-refractivity contribution in [3.8, 4) is 11.1 Å². The van der Waals surface area contributed by atoms with Crippen molar-refractivity contribution >= 4 is 16.9 Å². The molecule has 0 aliphatic rings. The molecule has 3 heteroatoms. The molecule has 0 fully saturated rings. The van der Waals surface area contributed by atoms with Gasteiger partial charge in [-0.15, -0.1) is 0 Å². The molecule has 0 spiro atoms. The molecule has 0 bridgehead atoms.